The lowest BCUT2D eigenvalue weighted by Gasteiger charge is -2.37. The van der Waals surface area contributed by atoms with Crippen molar-refractivity contribution in [3.8, 4) is 0 Å². The lowest BCUT2D eigenvalue weighted by Crippen LogP contribution is -2.54. The van der Waals surface area contributed by atoms with Crippen LogP contribution >= 0.6 is 0 Å². The van der Waals surface area contributed by atoms with Gasteiger partial charge in [-0.25, -0.2) is 0 Å². The van der Waals surface area contributed by atoms with E-state index in [0.29, 0.717) is 31.4 Å². The molecule has 2 fully saturated rings. The van der Waals surface area contributed by atoms with E-state index in [2.05, 4.69) is 44.9 Å². The molecule has 3 N–H and O–H groups in total. The van der Waals surface area contributed by atoms with Crippen LogP contribution in [0.3, 0.4) is 0 Å². The van der Waals surface area contributed by atoms with E-state index < -0.39 is 29.7 Å². The fraction of sp³-hybridized carbons (Fsp3) is 0.414. The summed E-state index contributed by atoms with van der Waals surface area (Å²) in [6.07, 6.45) is 2.19. The number of hydrogen-bond donors (Lipinski definition) is 3. The molecule has 3 aliphatic heterocycles. The molecule has 0 radical (unpaired) electrons. The van der Waals surface area contributed by atoms with Crippen molar-refractivity contribution in [2.75, 3.05) is 50.0 Å². The zero-order chi connectivity index (χ0) is 28.2. The molecule has 0 bridgehead atoms. The topological polar surface area (TPSA) is 131 Å². The maximum Gasteiger partial charge on any atom is 0.262 e. The van der Waals surface area contributed by atoms with Gasteiger partial charge in [0.25, 0.3) is 11.8 Å². The summed E-state index contributed by atoms with van der Waals surface area (Å²) in [6, 6.07) is 14.6. The fourth-order valence-electron chi connectivity index (χ4n) is 5.59. The first kappa shape index (κ1) is 27.3. The summed E-state index contributed by atoms with van der Waals surface area (Å²) in [5, 5.41) is 8.29. The second-order valence-electron chi connectivity index (χ2n) is 10.4. The molecule has 0 spiro atoms. The Morgan fingerprint density at radius 1 is 0.950 bits per heavy atom. The van der Waals surface area contributed by atoms with Crippen LogP contribution in [0.1, 0.15) is 46.4 Å². The highest BCUT2D eigenvalue weighted by Crippen LogP contribution is 2.29. The highest BCUT2D eigenvalue weighted by Gasteiger charge is 2.44. The zero-order valence-corrected chi connectivity index (χ0v) is 22.5. The van der Waals surface area contributed by atoms with E-state index in [-0.39, 0.29) is 29.9 Å². The van der Waals surface area contributed by atoms with Crippen LogP contribution in [0.2, 0.25) is 0 Å². The molecule has 11 heteroatoms. The number of hydrogen-bond acceptors (Lipinski definition) is 8. The van der Waals surface area contributed by atoms with Gasteiger partial charge in [-0.2, -0.15) is 0 Å². The van der Waals surface area contributed by atoms with Crippen LogP contribution in [0.25, 0.3) is 0 Å². The summed E-state index contributed by atoms with van der Waals surface area (Å²) < 4.78 is 0. The maximum atomic E-state index is 13.0. The minimum Gasteiger partial charge on any atom is -0.383 e. The first-order valence-electron chi connectivity index (χ1n) is 13.7. The summed E-state index contributed by atoms with van der Waals surface area (Å²) in [4.78, 5) is 67.4. The van der Waals surface area contributed by atoms with Gasteiger partial charge in [-0.1, -0.05) is 18.2 Å². The number of amides is 5. The van der Waals surface area contributed by atoms with Crippen LogP contribution in [0, 0.1) is 0 Å². The largest absolute Gasteiger partial charge is 0.383 e. The Balaban J connectivity index is 1.05. The number of piperidine rings is 2. The van der Waals surface area contributed by atoms with Gasteiger partial charge in [0, 0.05) is 57.1 Å². The third-order valence-corrected chi connectivity index (χ3v) is 7.85. The molecule has 0 saturated carbocycles. The van der Waals surface area contributed by atoms with E-state index in [0.717, 1.165) is 30.8 Å². The Hall–Kier alpha value is -4.25. The van der Waals surface area contributed by atoms with Gasteiger partial charge in [0.2, 0.25) is 17.7 Å². The third kappa shape index (κ3) is 5.84. The van der Waals surface area contributed by atoms with Gasteiger partial charge in [0.1, 0.15) is 6.04 Å². The molecule has 2 aromatic rings. The molecular weight excluding hydrogens is 512 g/mol. The third-order valence-electron chi connectivity index (χ3n) is 7.85. The van der Waals surface area contributed by atoms with E-state index in [1.165, 1.54) is 5.69 Å². The Morgan fingerprint density at radius 2 is 1.68 bits per heavy atom. The molecule has 1 unspecified atom stereocenters. The molecule has 2 aromatic carbocycles. The van der Waals surface area contributed by atoms with Crippen LogP contribution in [0.5, 0.6) is 0 Å². The predicted molar refractivity (Wildman–Crippen MR) is 149 cm³/mol. The van der Waals surface area contributed by atoms with Crippen LogP contribution in [0.4, 0.5) is 11.4 Å². The molecule has 0 aromatic heterocycles. The Kier molecular flexibility index (Phi) is 8.11. The summed E-state index contributed by atoms with van der Waals surface area (Å²) in [5.74, 6) is -2.17. The average molecular weight is 547 g/mol. The minimum atomic E-state index is -0.993. The summed E-state index contributed by atoms with van der Waals surface area (Å²) in [6.45, 7) is 2.93. The Labute approximate surface area is 232 Å². The number of nitrogens with one attached hydrogen (secondary N) is 3. The lowest BCUT2D eigenvalue weighted by molar-refractivity contribution is -0.136. The minimum absolute atomic E-state index is 0.0359. The van der Waals surface area contributed by atoms with Crippen molar-refractivity contribution >= 4 is 40.9 Å². The van der Waals surface area contributed by atoms with E-state index in [4.69, 9.17) is 0 Å². The molecule has 1 atom stereocenters. The normalized spacial score (nSPS) is 19.8. The average Bonchev–Trinajstić information content (AvgIpc) is 3.20. The standard InChI is InChI=1S/C29H34N6O5/c1-33(20-5-3-2-4-6-20)21-11-15-34(16-12-21)18-26(37)31-14-13-30-19-7-8-22-23(17-19)29(40)35(28(22)39)24-9-10-25(36)32-27(24)38/h2-8,17,21,24,30H,9-16,18H2,1H3,(H,31,37)(H,32,36,38). The number of para-hydroxylation sites is 1. The summed E-state index contributed by atoms with van der Waals surface area (Å²) in [7, 11) is 2.12. The van der Waals surface area contributed by atoms with Crippen LogP contribution in [0.15, 0.2) is 48.5 Å². The Morgan fingerprint density at radius 3 is 2.40 bits per heavy atom. The van der Waals surface area contributed by atoms with Crippen LogP contribution in [-0.2, 0) is 14.4 Å². The molecular formula is C29H34N6O5. The van der Waals surface area contributed by atoms with Gasteiger partial charge in [-0.15, -0.1) is 0 Å². The monoisotopic (exact) mass is 546 g/mol. The van der Waals surface area contributed by atoms with E-state index in [9.17, 15) is 24.0 Å². The smallest absolute Gasteiger partial charge is 0.262 e. The van der Waals surface area contributed by atoms with Gasteiger partial charge in [-0.3, -0.25) is 39.1 Å². The number of carbonyl (C=O) groups excluding carboxylic acids is 5. The molecule has 5 rings (SSSR count). The maximum absolute atomic E-state index is 13.0. The molecule has 3 heterocycles. The second-order valence-corrected chi connectivity index (χ2v) is 10.4. The van der Waals surface area contributed by atoms with Gasteiger partial charge in [0.15, 0.2) is 0 Å². The van der Waals surface area contributed by atoms with E-state index in [1.54, 1.807) is 18.2 Å². The lowest BCUT2D eigenvalue weighted by atomic mass is 10.0. The molecule has 210 valence electrons. The first-order chi connectivity index (χ1) is 19.3. The van der Waals surface area contributed by atoms with E-state index >= 15 is 0 Å². The number of carbonyl (C=O) groups is 5. The van der Waals surface area contributed by atoms with Crippen molar-refractivity contribution in [1.82, 2.24) is 20.4 Å². The number of imide groups is 2. The molecule has 40 heavy (non-hydrogen) atoms. The molecule has 3 aliphatic rings. The fourth-order valence-corrected chi connectivity index (χ4v) is 5.59. The van der Waals surface area contributed by atoms with Crippen molar-refractivity contribution in [2.24, 2.45) is 0 Å². The molecule has 5 amide bonds. The van der Waals surface area contributed by atoms with Gasteiger partial charge in [-0.05, 0) is 49.6 Å². The van der Waals surface area contributed by atoms with Crippen molar-refractivity contribution < 1.29 is 24.0 Å². The van der Waals surface area contributed by atoms with Crippen molar-refractivity contribution in [2.45, 2.75) is 37.8 Å². The van der Waals surface area contributed by atoms with Crippen LogP contribution < -0.4 is 20.9 Å². The quantitative estimate of drug-likeness (QED) is 0.316. The van der Waals surface area contributed by atoms with Crippen molar-refractivity contribution in [3.63, 3.8) is 0 Å². The first-order valence-corrected chi connectivity index (χ1v) is 13.7. The number of likely N-dealkylation sites (tertiary alicyclic amines) is 1. The highest BCUT2D eigenvalue weighted by atomic mass is 16.2. The number of anilines is 2. The van der Waals surface area contributed by atoms with Crippen molar-refractivity contribution in [1.29, 1.82) is 0 Å². The number of benzene rings is 2. The molecule has 0 aliphatic carbocycles. The number of nitrogens with zero attached hydrogens (tertiary/aromatic N) is 3. The number of fused-ring (bicyclic) bond motifs is 1. The zero-order valence-electron chi connectivity index (χ0n) is 22.5. The van der Waals surface area contributed by atoms with Gasteiger partial charge in [0.05, 0.1) is 17.7 Å². The second kappa shape index (κ2) is 11.9. The summed E-state index contributed by atoms with van der Waals surface area (Å²) in [5.41, 5.74) is 2.28. The van der Waals surface area contributed by atoms with Gasteiger partial charge < -0.3 is 15.5 Å². The predicted octanol–water partition coefficient (Wildman–Crippen LogP) is 1.22. The van der Waals surface area contributed by atoms with Gasteiger partial charge >= 0.3 is 0 Å². The molecule has 11 nitrogen and oxygen atoms in total. The number of rotatable bonds is 9. The summed E-state index contributed by atoms with van der Waals surface area (Å²) >= 11 is 0. The molecule has 2 saturated heterocycles. The van der Waals surface area contributed by atoms with E-state index in [1.807, 2.05) is 18.2 Å². The Bertz CT molecular complexity index is 1310. The van der Waals surface area contributed by atoms with Crippen LogP contribution in [-0.4, -0.2) is 91.2 Å². The highest BCUT2D eigenvalue weighted by molar-refractivity contribution is 6.23. The van der Waals surface area contributed by atoms with Crippen molar-refractivity contribution in [3.05, 3.63) is 59.7 Å². The SMILES string of the molecule is CN(c1ccccc1)C1CCN(CC(=O)NCCNc2ccc3c(c2)C(=O)N(C2CCC(=O)NC2=O)C3=O)CC1.